The molecule has 2 rings (SSSR count). The second kappa shape index (κ2) is 4.73. The van der Waals surface area contributed by atoms with Gasteiger partial charge >= 0.3 is 0 Å². The average Bonchev–Trinajstić information content (AvgIpc) is 2.33. The van der Waals surface area contributed by atoms with Gasteiger partial charge in [0.1, 0.15) is 0 Å². The minimum absolute atomic E-state index is 0.0131. The van der Waals surface area contributed by atoms with E-state index >= 15 is 0 Å². The van der Waals surface area contributed by atoms with Gasteiger partial charge in [0.2, 0.25) is 0 Å². The largest absolute Gasteiger partial charge is 0.504 e. The van der Waals surface area contributed by atoms with E-state index in [1.165, 1.54) is 5.56 Å². The lowest BCUT2D eigenvalue weighted by Crippen LogP contribution is -1.90. The molecular weight excluding hydrogens is 224 g/mol. The molecule has 0 aliphatic carbocycles. The van der Waals surface area contributed by atoms with Crippen LogP contribution in [0.5, 0.6) is 11.5 Å². The quantitative estimate of drug-likeness (QED) is 0.775. The summed E-state index contributed by atoms with van der Waals surface area (Å²) in [4.78, 5) is 0. The zero-order valence-electron chi connectivity index (χ0n) is 10.9. The average molecular weight is 242 g/mol. The van der Waals surface area contributed by atoms with Gasteiger partial charge in [-0.05, 0) is 36.1 Å². The van der Waals surface area contributed by atoms with E-state index in [-0.39, 0.29) is 17.4 Å². The first-order chi connectivity index (χ1) is 8.49. The number of phenolic OH excluding ortho intramolecular Hbond substituents is 2. The molecule has 2 N–H and O–H groups in total. The van der Waals surface area contributed by atoms with Crippen molar-refractivity contribution in [3.63, 3.8) is 0 Å². The highest BCUT2D eigenvalue weighted by Gasteiger charge is 2.12. The lowest BCUT2D eigenvalue weighted by atomic mass is 9.95. The Morgan fingerprint density at radius 1 is 0.889 bits per heavy atom. The van der Waals surface area contributed by atoms with E-state index < -0.39 is 0 Å². The van der Waals surface area contributed by atoms with Crippen molar-refractivity contribution in [2.75, 3.05) is 0 Å². The van der Waals surface area contributed by atoms with Crippen molar-refractivity contribution in [3.05, 3.63) is 47.5 Å². The van der Waals surface area contributed by atoms with Crippen molar-refractivity contribution in [3.8, 4) is 22.6 Å². The van der Waals surface area contributed by atoms with Crippen LogP contribution < -0.4 is 0 Å². The Morgan fingerprint density at radius 2 is 1.50 bits per heavy atom. The Hall–Kier alpha value is -1.96. The Kier molecular flexibility index (Phi) is 3.28. The topological polar surface area (TPSA) is 40.5 Å². The molecule has 2 heteroatoms. The molecule has 0 unspecified atom stereocenters. The van der Waals surface area contributed by atoms with E-state index in [1.807, 2.05) is 51.1 Å². The van der Waals surface area contributed by atoms with Gasteiger partial charge in [0.05, 0.1) is 0 Å². The molecule has 2 nitrogen and oxygen atoms in total. The fourth-order valence-corrected chi connectivity index (χ4v) is 1.99. The predicted octanol–water partition coefficient (Wildman–Crippen LogP) is 4.20. The van der Waals surface area contributed by atoms with Crippen molar-refractivity contribution in [2.45, 2.75) is 26.7 Å². The van der Waals surface area contributed by atoms with Crippen molar-refractivity contribution in [1.82, 2.24) is 0 Å². The molecule has 0 heterocycles. The zero-order valence-corrected chi connectivity index (χ0v) is 10.9. The number of hydrogen-bond donors (Lipinski definition) is 2. The molecule has 0 bridgehead atoms. The Balaban J connectivity index is 2.55. The monoisotopic (exact) mass is 242 g/mol. The van der Waals surface area contributed by atoms with Gasteiger partial charge in [-0.2, -0.15) is 0 Å². The van der Waals surface area contributed by atoms with Crippen LogP contribution in [0, 0.1) is 6.92 Å². The summed E-state index contributed by atoms with van der Waals surface area (Å²) in [6.45, 7) is 6.03. The standard InChI is InChI=1S/C16H18O2/c1-10(2)14-8-13(9-15(17)16(14)18)12-6-4-11(3)5-7-12/h4-10,17-18H,1-3H3. The maximum Gasteiger partial charge on any atom is 0.160 e. The SMILES string of the molecule is Cc1ccc(-c2cc(O)c(O)c(C(C)C)c2)cc1. The zero-order chi connectivity index (χ0) is 13.3. The van der Waals surface area contributed by atoms with Crippen LogP contribution in [0.25, 0.3) is 11.1 Å². The van der Waals surface area contributed by atoms with Crippen molar-refractivity contribution in [1.29, 1.82) is 0 Å². The van der Waals surface area contributed by atoms with Crippen LogP contribution >= 0.6 is 0 Å². The third kappa shape index (κ3) is 2.33. The van der Waals surface area contributed by atoms with Crippen LogP contribution in [-0.2, 0) is 0 Å². The van der Waals surface area contributed by atoms with Crippen LogP contribution in [0.2, 0.25) is 0 Å². The summed E-state index contributed by atoms with van der Waals surface area (Å²) in [5.41, 5.74) is 3.93. The molecule has 0 atom stereocenters. The van der Waals surface area contributed by atoms with Crippen molar-refractivity contribution in [2.24, 2.45) is 0 Å². The fourth-order valence-electron chi connectivity index (χ4n) is 1.99. The van der Waals surface area contributed by atoms with Gasteiger partial charge in [-0.25, -0.2) is 0 Å². The normalized spacial score (nSPS) is 10.9. The van der Waals surface area contributed by atoms with Crippen molar-refractivity contribution >= 4 is 0 Å². The molecule has 2 aromatic rings. The third-order valence-corrected chi connectivity index (χ3v) is 3.13. The first kappa shape index (κ1) is 12.5. The Bertz CT molecular complexity index is 554. The molecule has 0 fully saturated rings. The van der Waals surface area contributed by atoms with E-state index in [9.17, 15) is 10.2 Å². The van der Waals surface area contributed by atoms with Gasteiger partial charge < -0.3 is 10.2 Å². The molecule has 0 spiro atoms. The highest BCUT2D eigenvalue weighted by atomic mass is 16.3. The summed E-state index contributed by atoms with van der Waals surface area (Å²) >= 11 is 0. The molecule has 0 saturated heterocycles. The minimum atomic E-state index is -0.0585. The molecular formula is C16H18O2. The van der Waals surface area contributed by atoms with Gasteiger partial charge in [0.15, 0.2) is 11.5 Å². The van der Waals surface area contributed by atoms with Crippen LogP contribution in [0.15, 0.2) is 36.4 Å². The van der Waals surface area contributed by atoms with Gasteiger partial charge in [-0.15, -0.1) is 0 Å². The maximum atomic E-state index is 9.83. The predicted molar refractivity (Wildman–Crippen MR) is 74.0 cm³/mol. The molecule has 2 aromatic carbocycles. The molecule has 0 aliphatic heterocycles. The molecule has 0 amide bonds. The highest BCUT2D eigenvalue weighted by Crippen LogP contribution is 2.38. The van der Waals surface area contributed by atoms with Gasteiger partial charge in [0.25, 0.3) is 0 Å². The van der Waals surface area contributed by atoms with Crippen LogP contribution in [-0.4, -0.2) is 10.2 Å². The summed E-state index contributed by atoms with van der Waals surface area (Å²) in [5, 5.41) is 19.6. The fraction of sp³-hybridized carbons (Fsp3) is 0.250. The van der Waals surface area contributed by atoms with Crippen LogP contribution in [0.4, 0.5) is 0 Å². The summed E-state index contributed by atoms with van der Waals surface area (Å²) in [6.07, 6.45) is 0. The Morgan fingerprint density at radius 3 is 2.06 bits per heavy atom. The lowest BCUT2D eigenvalue weighted by Gasteiger charge is -2.12. The number of phenols is 2. The van der Waals surface area contributed by atoms with Crippen molar-refractivity contribution < 1.29 is 10.2 Å². The van der Waals surface area contributed by atoms with Gasteiger partial charge in [-0.1, -0.05) is 43.7 Å². The molecule has 0 radical (unpaired) electrons. The molecule has 0 aliphatic rings. The summed E-state index contributed by atoms with van der Waals surface area (Å²) in [7, 11) is 0. The molecule has 0 aromatic heterocycles. The first-order valence-corrected chi connectivity index (χ1v) is 6.12. The smallest absolute Gasteiger partial charge is 0.160 e. The van der Waals surface area contributed by atoms with Crippen LogP contribution in [0.1, 0.15) is 30.9 Å². The number of aromatic hydroxyl groups is 2. The molecule has 0 saturated carbocycles. The number of hydrogen-bond acceptors (Lipinski definition) is 2. The van der Waals surface area contributed by atoms with E-state index in [0.717, 1.165) is 16.7 Å². The molecule has 94 valence electrons. The summed E-state index contributed by atoms with van der Waals surface area (Å²) in [6, 6.07) is 11.6. The first-order valence-electron chi connectivity index (χ1n) is 6.12. The van der Waals surface area contributed by atoms with E-state index in [4.69, 9.17) is 0 Å². The molecule has 18 heavy (non-hydrogen) atoms. The van der Waals surface area contributed by atoms with E-state index in [0.29, 0.717) is 0 Å². The highest BCUT2D eigenvalue weighted by molar-refractivity contribution is 5.69. The Labute approximate surface area is 108 Å². The van der Waals surface area contributed by atoms with Gasteiger partial charge in [0, 0.05) is 5.56 Å². The summed E-state index contributed by atoms with van der Waals surface area (Å²) < 4.78 is 0. The van der Waals surface area contributed by atoms with Gasteiger partial charge in [-0.3, -0.25) is 0 Å². The summed E-state index contributed by atoms with van der Waals surface area (Å²) in [5.74, 6) is 0.0962. The number of benzene rings is 2. The second-order valence-electron chi connectivity index (χ2n) is 4.95. The second-order valence-corrected chi connectivity index (χ2v) is 4.95. The van der Waals surface area contributed by atoms with E-state index in [1.54, 1.807) is 6.07 Å². The lowest BCUT2D eigenvalue weighted by molar-refractivity contribution is 0.398. The number of aryl methyl sites for hydroxylation is 1. The third-order valence-electron chi connectivity index (χ3n) is 3.13. The maximum absolute atomic E-state index is 9.83. The minimum Gasteiger partial charge on any atom is -0.504 e. The van der Waals surface area contributed by atoms with E-state index in [2.05, 4.69) is 0 Å². The van der Waals surface area contributed by atoms with Crippen LogP contribution in [0.3, 0.4) is 0 Å². The number of rotatable bonds is 2.